The molecule has 0 saturated heterocycles. The number of hydrogen-bond donors (Lipinski definition) is 1. The summed E-state index contributed by atoms with van der Waals surface area (Å²) in [7, 11) is 0. The fourth-order valence-electron chi connectivity index (χ4n) is 4.24. The van der Waals surface area contributed by atoms with Crippen molar-refractivity contribution in [3.63, 3.8) is 0 Å². The predicted molar refractivity (Wildman–Crippen MR) is 93.1 cm³/mol. The van der Waals surface area contributed by atoms with Crippen LogP contribution in [0.15, 0.2) is 29.2 Å². The number of rotatable bonds is 6. The van der Waals surface area contributed by atoms with Gasteiger partial charge in [0.1, 0.15) is 0 Å². The van der Waals surface area contributed by atoms with E-state index in [0.717, 1.165) is 23.5 Å². The highest BCUT2D eigenvalue weighted by molar-refractivity contribution is 7.99. The Morgan fingerprint density at radius 3 is 2.68 bits per heavy atom. The van der Waals surface area contributed by atoms with E-state index in [-0.39, 0.29) is 5.91 Å². The molecular weight excluding hydrogens is 290 g/mol. The minimum absolute atomic E-state index is 0.217. The molecule has 120 valence electrons. The van der Waals surface area contributed by atoms with Crippen molar-refractivity contribution in [2.75, 3.05) is 5.75 Å². The lowest BCUT2D eigenvalue weighted by molar-refractivity contribution is -0.121. The second-order valence-corrected chi connectivity index (χ2v) is 8.27. The number of carbonyl (C=O) groups is 1. The summed E-state index contributed by atoms with van der Waals surface area (Å²) in [5, 5.41) is 3.25. The maximum atomic E-state index is 12.1. The Balaban J connectivity index is 1.38. The van der Waals surface area contributed by atoms with Crippen molar-refractivity contribution in [3.8, 4) is 0 Å². The molecule has 4 unspecified atom stereocenters. The molecule has 1 aromatic carbocycles. The van der Waals surface area contributed by atoms with E-state index < -0.39 is 0 Å². The van der Waals surface area contributed by atoms with Crippen LogP contribution < -0.4 is 5.32 Å². The summed E-state index contributed by atoms with van der Waals surface area (Å²) in [6.45, 7) is 4.30. The number of fused-ring (bicyclic) bond motifs is 2. The van der Waals surface area contributed by atoms with Gasteiger partial charge in [-0.3, -0.25) is 4.79 Å². The van der Waals surface area contributed by atoms with Gasteiger partial charge in [0.2, 0.25) is 5.91 Å². The van der Waals surface area contributed by atoms with Crippen LogP contribution in [0, 0.1) is 24.7 Å². The number of aryl methyl sites for hydroxylation is 1. The van der Waals surface area contributed by atoms with E-state index in [2.05, 4.69) is 43.4 Å². The number of nitrogens with one attached hydrogen (secondary N) is 1. The van der Waals surface area contributed by atoms with Crippen molar-refractivity contribution in [3.05, 3.63) is 29.8 Å². The van der Waals surface area contributed by atoms with E-state index in [9.17, 15) is 4.79 Å². The number of benzene rings is 1. The van der Waals surface area contributed by atoms with E-state index in [4.69, 9.17) is 0 Å². The molecule has 2 aliphatic rings. The Bertz CT molecular complexity index is 513. The number of amides is 1. The van der Waals surface area contributed by atoms with Gasteiger partial charge in [-0.2, -0.15) is 0 Å². The van der Waals surface area contributed by atoms with E-state index in [1.165, 1.54) is 36.1 Å². The van der Waals surface area contributed by atoms with Gasteiger partial charge >= 0.3 is 0 Å². The summed E-state index contributed by atoms with van der Waals surface area (Å²) in [5.41, 5.74) is 1.28. The Kier molecular flexibility index (Phi) is 5.12. The van der Waals surface area contributed by atoms with Crippen LogP contribution in [0.5, 0.6) is 0 Å². The van der Waals surface area contributed by atoms with Crippen molar-refractivity contribution in [1.82, 2.24) is 5.32 Å². The average molecular weight is 317 g/mol. The molecule has 0 radical (unpaired) electrons. The van der Waals surface area contributed by atoms with Gasteiger partial charge in [0.15, 0.2) is 0 Å². The Morgan fingerprint density at radius 2 is 2.05 bits per heavy atom. The second kappa shape index (κ2) is 7.08. The minimum atomic E-state index is 0.217. The summed E-state index contributed by atoms with van der Waals surface area (Å²) in [6, 6.07) is 8.87. The van der Waals surface area contributed by atoms with E-state index in [1.54, 1.807) is 11.8 Å². The van der Waals surface area contributed by atoms with E-state index in [0.29, 0.717) is 12.5 Å². The van der Waals surface area contributed by atoms with Crippen molar-refractivity contribution in [1.29, 1.82) is 0 Å². The van der Waals surface area contributed by atoms with Gasteiger partial charge < -0.3 is 5.32 Å². The lowest BCUT2D eigenvalue weighted by Crippen LogP contribution is -2.40. The van der Waals surface area contributed by atoms with Crippen LogP contribution in [-0.4, -0.2) is 17.7 Å². The van der Waals surface area contributed by atoms with Crippen LogP contribution >= 0.6 is 11.8 Å². The summed E-state index contributed by atoms with van der Waals surface area (Å²) < 4.78 is 0. The van der Waals surface area contributed by atoms with Crippen LogP contribution in [-0.2, 0) is 4.79 Å². The fourth-order valence-corrected chi connectivity index (χ4v) is 5.09. The molecule has 1 N–H and O–H groups in total. The van der Waals surface area contributed by atoms with Gasteiger partial charge in [-0.15, -0.1) is 11.8 Å². The quantitative estimate of drug-likeness (QED) is 0.787. The Hall–Kier alpha value is -0.960. The topological polar surface area (TPSA) is 29.1 Å². The molecule has 0 heterocycles. The fraction of sp³-hybridized carbons (Fsp3) is 0.632. The molecule has 3 rings (SSSR count). The lowest BCUT2D eigenvalue weighted by Gasteiger charge is -2.28. The zero-order valence-corrected chi connectivity index (χ0v) is 14.5. The standard InChI is InChI=1S/C19H27NOS/c1-13-3-7-17(8-4-13)22-10-9-19(21)20-14(2)18-12-15-5-6-16(18)11-15/h3-4,7-8,14-16,18H,5-6,9-12H2,1-2H3,(H,20,21). The van der Waals surface area contributed by atoms with Crippen LogP contribution in [0.3, 0.4) is 0 Å². The first-order valence-electron chi connectivity index (χ1n) is 8.60. The molecule has 4 atom stereocenters. The highest BCUT2D eigenvalue weighted by atomic mass is 32.2. The van der Waals surface area contributed by atoms with E-state index >= 15 is 0 Å². The molecule has 2 fully saturated rings. The zero-order valence-electron chi connectivity index (χ0n) is 13.7. The number of thioether (sulfide) groups is 1. The zero-order chi connectivity index (χ0) is 15.5. The highest BCUT2D eigenvalue weighted by Gasteiger charge is 2.41. The van der Waals surface area contributed by atoms with Crippen molar-refractivity contribution >= 4 is 17.7 Å². The maximum Gasteiger partial charge on any atom is 0.221 e. The summed E-state index contributed by atoms with van der Waals surface area (Å²) in [4.78, 5) is 13.4. The molecule has 2 nitrogen and oxygen atoms in total. The normalized spacial score (nSPS) is 27.8. The molecule has 3 heteroatoms. The van der Waals surface area contributed by atoms with Crippen LogP contribution in [0.4, 0.5) is 0 Å². The largest absolute Gasteiger partial charge is 0.353 e. The van der Waals surface area contributed by atoms with Crippen LogP contribution in [0.2, 0.25) is 0 Å². The molecule has 2 saturated carbocycles. The first kappa shape index (κ1) is 15.9. The first-order chi connectivity index (χ1) is 10.6. The van der Waals surface area contributed by atoms with Gasteiger partial charge in [-0.1, -0.05) is 24.1 Å². The number of carbonyl (C=O) groups excluding carboxylic acids is 1. The van der Waals surface area contributed by atoms with Gasteiger partial charge in [-0.25, -0.2) is 0 Å². The molecule has 2 aliphatic carbocycles. The van der Waals surface area contributed by atoms with Crippen LogP contribution in [0.25, 0.3) is 0 Å². The maximum absolute atomic E-state index is 12.1. The molecule has 22 heavy (non-hydrogen) atoms. The van der Waals surface area contributed by atoms with E-state index in [1.807, 2.05) is 0 Å². The van der Waals surface area contributed by atoms with Gasteiger partial charge in [0, 0.05) is 23.1 Å². The van der Waals surface area contributed by atoms with Gasteiger partial charge in [0.05, 0.1) is 0 Å². The van der Waals surface area contributed by atoms with Crippen molar-refractivity contribution in [2.45, 2.75) is 56.9 Å². The summed E-state index contributed by atoms with van der Waals surface area (Å²) in [5.74, 6) is 3.63. The van der Waals surface area contributed by atoms with Gasteiger partial charge in [0.25, 0.3) is 0 Å². The first-order valence-corrected chi connectivity index (χ1v) is 9.59. The van der Waals surface area contributed by atoms with Crippen molar-refractivity contribution < 1.29 is 4.79 Å². The average Bonchev–Trinajstić information content (AvgIpc) is 3.12. The smallest absolute Gasteiger partial charge is 0.221 e. The minimum Gasteiger partial charge on any atom is -0.353 e. The third-order valence-corrected chi connectivity index (χ3v) is 6.46. The molecule has 2 bridgehead atoms. The third-order valence-electron chi connectivity index (χ3n) is 5.44. The van der Waals surface area contributed by atoms with Crippen LogP contribution in [0.1, 0.15) is 44.6 Å². The second-order valence-electron chi connectivity index (χ2n) is 7.11. The Morgan fingerprint density at radius 1 is 1.27 bits per heavy atom. The molecular formula is C19H27NOS. The summed E-state index contributed by atoms with van der Waals surface area (Å²) in [6.07, 6.45) is 6.18. The molecule has 1 amide bonds. The summed E-state index contributed by atoms with van der Waals surface area (Å²) >= 11 is 1.77. The highest BCUT2D eigenvalue weighted by Crippen LogP contribution is 2.49. The predicted octanol–water partition coefficient (Wildman–Crippen LogP) is 4.42. The molecule has 0 aliphatic heterocycles. The molecule has 1 aromatic rings. The lowest BCUT2D eigenvalue weighted by atomic mass is 9.84. The third kappa shape index (κ3) is 3.87. The van der Waals surface area contributed by atoms with Crippen molar-refractivity contribution in [2.24, 2.45) is 17.8 Å². The van der Waals surface area contributed by atoms with Gasteiger partial charge in [-0.05, 0) is 63.0 Å². The molecule has 0 aromatic heterocycles. The molecule has 0 spiro atoms. The monoisotopic (exact) mass is 317 g/mol. The number of hydrogen-bond acceptors (Lipinski definition) is 2. The Labute approximate surface area is 138 Å². The SMILES string of the molecule is Cc1ccc(SCCC(=O)NC(C)C2CC3CCC2C3)cc1.